The molecule has 0 aliphatic rings. The van der Waals surface area contributed by atoms with E-state index in [1.807, 2.05) is 12.1 Å². The zero-order chi connectivity index (χ0) is 22.9. The summed E-state index contributed by atoms with van der Waals surface area (Å²) in [6.45, 7) is 1.54. The summed E-state index contributed by atoms with van der Waals surface area (Å²) in [7, 11) is 3.34. The fourth-order valence-electron chi connectivity index (χ4n) is 2.99. The Bertz CT molecular complexity index is 1030. The smallest absolute Gasteiger partial charge is 0.411 e. The number of hydrogen-bond donors (Lipinski definition) is 1. The Morgan fingerprint density at radius 1 is 1.06 bits per heavy atom. The topological polar surface area (TPSA) is 85.7 Å². The predicted octanol–water partition coefficient (Wildman–Crippen LogP) is 4.20. The molecule has 0 aliphatic carbocycles. The molecule has 0 saturated heterocycles. The Labute approximate surface area is 191 Å². The van der Waals surface area contributed by atoms with Crippen LogP contribution in [0.5, 0.6) is 0 Å². The molecule has 0 bridgehead atoms. The van der Waals surface area contributed by atoms with E-state index in [2.05, 4.69) is 10.4 Å². The predicted molar refractivity (Wildman–Crippen MR) is 122 cm³/mol. The van der Waals surface area contributed by atoms with E-state index < -0.39 is 6.09 Å². The molecule has 3 aromatic rings. The van der Waals surface area contributed by atoms with Crippen molar-refractivity contribution in [3.8, 4) is 0 Å². The monoisotopic (exact) mass is 456 g/mol. The molecule has 3 rings (SSSR count). The molecular weight excluding hydrogens is 432 g/mol. The average Bonchev–Trinajstić information content (AvgIpc) is 3.26. The van der Waals surface area contributed by atoms with Gasteiger partial charge in [0.05, 0.1) is 13.2 Å². The quantitative estimate of drug-likeness (QED) is 0.521. The van der Waals surface area contributed by atoms with Gasteiger partial charge in [0.25, 0.3) is 5.91 Å². The van der Waals surface area contributed by atoms with Gasteiger partial charge in [-0.05, 0) is 41.5 Å². The van der Waals surface area contributed by atoms with Crippen LogP contribution in [0.1, 0.15) is 21.6 Å². The van der Waals surface area contributed by atoms with E-state index in [-0.39, 0.29) is 12.5 Å². The average molecular weight is 457 g/mol. The number of benzene rings is 2. The number of rotatable bonds is 9. The highest BCUT2D eigenvalue weighted by atomic mass is 35.5. The number of aromatic nitrogens is 2. The molecule has 0 spiro atoms. The number of halogens is 1. The number of methoxy groups -OCH3 is 1. The van der Waals surface area contributed by atoms with Gasteiger partial charge < -0.3 is 14.4 Å². The third-order valence-electron chi connectivity index (χ3n) is 4.69. The lowest BCUT2D eigenvalue weighted by atomic mass is 10.2. The number of amides is 2. The van der Waals surface area contributed by atoms with Crippen LogP contribution in [-0.4, -0.2) is 47.4 Å². The fraction of sp³-hybridized carbons (Fsp3) is 0.261. The highest BCUT2D eigenvalue weighted by Gasteiger charge is 2.17. The SMILES string of the molecule is COCCn1nccc1C(=O)N(C)Cc1ccc(NC(=O)OCc2ccc(Cl)cc2)cc1. The summed E-state index contributed by atoms with van der Waals surface area (Å²) in [5.41, 5.74) is 2.87. The van der Waals surface area contributed by atoms with Gasteiger partial charge in [-0.2, -0.15) is 5.10 Å². The van der Waals surface area contributed by atoms with Gasteiger partial charge in [0.15, 0.2) is 0 Å². The number of ether oxygens (including phenoxy) is 2. The first kappa shape index (κ1) is 23.3. The normalized spacial score (nSPS) is 10.6. The van der Waals surface area contributed by atoms with Gasteiger partial charge in [-0.25, -0.2) is 4.79 Å². The van der Waals surface area contributed by atoms with Gasteiger partial charge in [-0.15, -0.1) is 0 Å². The minimum atomic E-state index is -0.552. The lowest BCUT2D eigenvalue weighted by molar-refractivity contribution is 0.0769. The molecular formula is C23H25ClN4O4. The number of carbonyl (C=O) groups excluding carboxylic acids is 2. The lowest BCUT2D eigenvalue weighted by Gasteiger charge is -2.18. The van der Waals surface area contributed by atoms with E-state index in [0.717, 1.165) is 11.1 Å². The van der Waals surface area contributed by atoms with E-state index >= 15 is 0 Å². The van der Waals surface area contributed by atoms with Crippen molar-refractivity contribution in [3.05, 3.63) is 82.6 Å². The standard InChI is InChI=1S/C23H25ClN4O4/c1-27(22(29)21-11-12-25-28(21)13-14-31-2)15-17-5-9-20(10-6-17)26-23(30)32-16-18-3-7-19(24)8-4-18/h3-12H,13-16H2,1-2H3,(H,26,30). The van der Waals surface area contributed by atoms with Gasteiger partial charge in [0.2, 0.25) is 0 Å². The third kappa shape index (κ3) is 6.57. The highest BCUT2D eigenvalue weighted by molar-refractivity contribution is 6.30. The summed E-state index contributed by atoms with van der Waals surface area (Å²) >= 11 is 5.84. The molecule has 32 heavy (non-hydrogen) atoms. The largest absolute Gasteiger partial charge is 0.444 e. The molecule has 9 heteroatoms. The Morgan fingerprint density at radius 2 is 1.75 bits per heavy atom. The van der Waals surface area contributed by atoms with Crippen LogP contribution in [0.15, 0.2) is 60.8 Å². The third-order valence-corrected chi connectivity index (χ3v) is 4.94. The van der Waals surface area contributed by atoms with Gasteiger partial charge in [-0.1, -0.05) is 35.9 Å². The number of anilines is 1. The van der Waals surface area contributed by atoms with Gasteiger partial charge >= 0.3 is 6.09 Å². The summed E-state index contributed by atoms with van der Waals surface area (Å²) in [4.78, 5) is 26.4. The van der Waals surface area contributed by atoms with Crippen LogP contribution in [0, 0.1) is 0 Å². The summed E-state index contributed by atoms with van der Waals surface area (Å²) < 4.78 is 11.9. The molecule has 0 atom stereocenters. The van der Waals surface area contributed by atoms with Crippen molar-refractivity contribution < 1.29 is 19.1 Å². The number of nitrogens with zero attached hydrogens (tertiary/aromatic N) is 3. The van der Waals surface area contributed by atoms with E-state index in [9.17, 15) is 9.59 Å². The molecule has 1 aromatic heterocycles. The minimum Gasteiger partial charge on any atom is -0.444 e. The Balaban J connectivity index is 1.50. The first-order chi connectivity index (χ1) is 15.5. The van der Waals surface area contributed by atoms with Crippen molar-refractivity contribution in [1.82, 2.24) is 14.7 Å². The Hall–Kier alpha value is -3.36. The molecule has 0 aliphatic heterocycles. The molecule has 0 saturated carbocycles. The van der Waals surface area contributed by atoms with E-state index in [1.54, 1.807) is 72.4 Å². The van der Waals surface area contributed by atoms with E-state index in [4.69, 9.17) is 21.1 Å². The molecule has 0 radical (unpaired) electrons. The maximum absolute atomic E-state index is 12.8. The molecule has 0 unspecified atom stereocenters. The summed E-state index contributed by atoms with van der Waals surface area (Å²) in [6, 6.07) is 16.0. The van der Waals surface area contributed by atoms with E-state index in [1.165, 1.54) is 0 Å². The van der Waals surface area contributed by atoms with Crippen molar-refractivity contribution in [2.45, 2.75) is 19.7 Å². The molecule has 168 valence electrons. The summed E-state index contributed by atoms with van der Waals surface area (Å²) in [5.74, 6) is -0.133. The summed E-state index contributed by atoms with van der Waals surface area (Å²) in [5, 5.41) is 7.49. The first-order valence-electron chi connectivity index (χ1n) is 9.99. The van der Waals surface area contributed by atoms with Crippen molar-refractivity contribution in [1.29, 1.82) is 0 Å². The van der Waals surface area contributed by atoms with Crippen LogP contribution in [0.25, 0.3) is 0 Å². The molecule has 2 amide bonds. The minimum absolute atomic E-state index is 0.133. The first-order valence-corrected chi connectivity index (χ1v) is 10.4. The maximum Gasteiger partial charge on any atom is 0.411 e. The van der Waals surface area contributed by atoms with Crippen LogP contribution in [0.2, 0.25) is 5.02 Å². The van der Waals surface area contributed by atoms with E-state index in [0.29, 0.717) is 36.1 Å². The van der Waals surface area contributed by atoms with Crippen LogP contribution in [0.4, 0.5) is 10.5 Å². The second-order valence-electron chi connectivity index (χ2n) is 7.12. The Kier molecular flexibility index (Phi) is 8.24. The molecule has 1 heterocycles. The van der Waals surface area contributed by atoms with Crippen molar-refractivity contribution in [3.63, 3.8) is 0 Å². The van der Waals surface area contributed by atoms with Gasteiger partial charge in [0, 0.05) is 37.6 Å². The second kappa shape index (κ2) is 11.3. The van der Waals surface area contributed by atoms with Crippen molar-refractivity contribution in [2.24, 2.45) is 0 Å². The maximum atomic E-state index is 12.8. The zero-order valence-electron chi connectivity index (χ0n) is 18.0. The molecule has 0 fully saturated rings. The van der Waals surface area contributed by atoms with Crippen LogP contribution in [0.3, 0.4) is 0 Å². The number of carbonyl (C=O) groups is 2. The molecule has 1 N–H and O–H groups in total. The van der Waals surface area contributed by atoms with Crippen molar-refractivity contribution >= 4 is 29.3 Å². The fourth-order valence-corrected chi connectivity index (χ4v) is 3.11. The van der Waals surface area contributed by atoms with Crippen molar-refractivity contribution in [2.75, 3.05) is 26.1 Å². The summed E-state index contributed by atoms with van der Waals surface area (Å²) in [6.07, 6.45) is 1.05. The van der Waals surface area contributed by atoms with Crippen LogP contribution < -0.4 is 5.32 Å². The van der Waals surface area contributed by atoms with Crippen LogP contribution in [-0.2, 0) is 29.2 Å². The van der Waals surface area contributed by atoms with Gasteiger partial charge in [-0.3, -0.25) is 14.8 Å². The molecule has 2 aromatic carbocycles. The second-order valence-corrected chi connectivity index (χ2v) is 7.55. The zero-order valence-corrected chi connectivity index (χ0v) is 18.7. The Morgan fingerprint density at radius 3 is 2.44 bits per heavy atom. The number of hydrogen-bond acceptors (Lipinski definition) is 5. The molecule has 8 nitrogen and oxygen atoms in total. The lowest BCUT2D eigenvalue weighted by Crippen LogP contribution is -2.29. The van der Waals surface area contributed by atoms with Gasteiger partial charge in [0.1, 0.15) is 12.3 Å². The van der Waals surface area contributed by atoms with Crippen LogP contribution >= 0.6 is 11.6 Å². The highest BCUT2D eigenvalue weighted by Crippen LogP contribution is 2.14. The number of nitrogens with one attached hydrogen (secondary N) is 1.